The first-order chi connectivity index (χ1) is 13.6. The van der Waals surface area contributed by atoms with Crippen molar-refractivity contribution in [3.8, 4) is 11.4 Å². The summed E-state index contributed by atoms with van der Waals surface area (Å²) in [5, 5.41) is 2.47. The molecule has 4 aromatic rings. The monoisotopic (exact) mass is 374 g/mol. The fourth-order valence-electron chi connectivity index (χ4n) is 4.43. The van der Waals surface area contributed by atoms with Crippen LogP contribution in [0.25, 0.3) is 27.6 Å². The minimum absolute atomic E-state index is 0.582. The zero-order valence-electron chi connectivity index (χ0n) is 16.7. The van der Waals surface area contributed by atoms with Crippen LogP contribution in [0.1, 0.15) is 24.7 Å². The molecule has 1 aliphatic carbocycles. The molecule has 0 saturated heterocycles. The van der Waals surface area contributed by atoms with Crippen LogP contribution < -0.4 is 4.74 Å². The van der Waals surface area contributed by atoms with Crippen molar-refractivity contribution in [1.82, 2.24) is 9.47 Å². The Kier molecular flexibility index (Phi) is 4.17. The second-order valence-corrected chi connectivity index (χ2v) is 7.88. The molecule has 0 spiro atoms. The summed E-state index contributed by atoms with van der Waals surface area (Å²) in [7, 11) is 4.34. The Morgan fingerprint density at radius 1 is 1.14 bits per heavy atom. The van der Waals surface area contributed by atoms with Crippen LogP contribution in [0.2, 0.25) is 0 Å². The molecule has 4 nitrogen and oxygen atoms in total. The lowest BCUT2D eigenvalue weighted by Crippen LogP contribution is -2.33. The average Bonchev–Trinajstić information content (AvgIpc) is 3.28. The molecule has 0 radical (unpaired) electrons. The first kappa shape index (κ1) is 17.4. The van der Waals surface area contributed by atoms with Gasteiger partial charge >= 0.3 is 0 Å². The maximum atomic E-state index is 6.18. The Hall–Kier alpha value is -2.72. The molecule has 2 aromatic carbocycles. The molecule has 4 heteroatoms. The second-order valence-electron chi connectivity index (χ2n) is 7.88. The van der Waals surface area contributed by atoms with Gasteiger partial charge in [0.2, 0.25) is 0 Å². The molecule has 5 rings (SSSR count). The predicted octanol–water partition coefficient (Wildman–Crippen LogP) is 5.19. The molecule has 1 unspecified atom stereocenters. The van der Waals surface area contributed by atoms with Gasteiger partial charge in [-0.1, -0.05) is 0 Å². The number of aromatic nitrogens is 1. The minimum atomic E-state index is 0.582. The highest BCUT2D eigenvalue weighted by Crippen LogP contribution is 2.35. The highest BCUT2D eigenvalue weighted by molar-refractivity contribution is 5.87. The number of rotatable bonds is 4. The third-order valence-corrected chi connectivity index (χ3v) is 5.99. The maximum Gasteiger partial charge on any atom is 0.134 e. The quantitative estimate of drug-likeness (QED) is 0.492. The lowest BCUT2D eigenvalue weighted by molar-refractivity contribution is 0.261. The summed E-state index contributed by atoms with van der Waals surface area (Å²) in [6.07, 6.45) is 5.37. The largest absolute Gasteiger partial charge is 0.494 e. The zero-order chi connectivity index (χ0) is 19.3. The van der Waals surface area contributed by atoms with Crippen LogP contribution in [-0.2, 0) is 12.8 Å². The Labute approximate surface area is 165 Å². The van der Waals surface area contributed by atoms with Crippen molar-refractivity contribution < 1.29 is 9.15 Å². The van der Waals surface area contributed by atoms with E-state index in [1.807, 2.05) is 13.0 Å². The van der Waals surface area contributed by atoms with Gasteiger partial charge in [-0.2, -0.15) is 0 Å². The molecule has 144 valence electrons. The molecule has 2 aromatic heterocycles. The number of aryl methyl sites for hydroxylation is 1. The van der Waals surface area contributed by atoms with E-state index in [0.29, 0.717) is 12.6 Å². The highest BCUT2D eigenvalue weighted by Gasteiger charge is 2.25. The van der Waals surface area contributed by atoms with E-state index in [9.17, 15) is 0 Å². The van der Waals surface area contributed by atoms with Crippen LogP contribution >= 0.6 is 0 Å². The first-order valence-corrected chi connectivity index (χ1v) is 10.1. The van der Waals surface area contributed by atoms with Crippen molar-refractivity contribution in [3.05, 3.63) is 60.0 Å². The number of benzene rings is 2. The van der Waals surface area contributed by atoms with Gasteiger partial charge in [0.1, 0.15) is 17.1 Å². The highest BCUT2D eigenvalue weighted by atomic mass is 16.5. The third kappa shape index (κ3) is 2.80. The maximum absolute atomic E-state index is 6.18. The van der Waals surface area contributed by atoms with Gasteiger partial charge in [-0.3, -0.25) is 0 Å². The van der Waals surface area contributed by atoms with Crippen molar-refractivity contribution in [1.29, 1.82) is 0 Å². The fourth-order valence-corrected chi connectivity index (χ4v) is 4.43. The van der Waals surface area contributed by atoms with Gasteiger partial charge in [-0.05, 0) is 70.3 Å². The standard InChI is InChI=1S/C24H26N2O2/c1-4-27-19-8-5-16-11-12-26(22(16)15-19)18-7-10-24-21(14-18)20-13-17(25(2)3)6-9-23(20)28-24/h5,7-8,10-12,14-15,17H,4,6,9,13H2,1-3H3. The molecule has 28 heavy (non-hydrogen) atoms. The van der Waals surface area contributed by atoms with E-state index in [4.69, 9.17) is 9.15 Å². The topological polar surface area (TPSA) is 30.5 Å². The van der Waals surface area contributed by atoms with E-state index in [0.717, 1.165) is 41.8 Å². The van der Waals surface area contributed by atoms with Gasteiger partial charge in [-0.25, -0.2) is 0 Å². The van der Waals surface area contributed by atoms with Crippen LogP contribution in [0.3, 0.4) is 0 Å². The van der Waals surface area contributed by atoms with Crippen LogP contribution in [-0.4, -0.2) is 36.2 Å². The van der Waals surface area contributed by atoms with Crippen LogP contribution in [0.4, 0.5) is 0 Å². The van der Waals surface area contributed by atoms with Gasteiger partial charge in [0, 0.05) is 46.7 Å². The van der Waals surface area contributed by atoms with Crippen LogP contribution in [0.5, 0.6) is 5.75 Å². The average molecular weight is 374 g/mol. The van der Waals surface area contributed by atoms with E-state index in [2.05, 4.69) is 66.2 Å². The number of hydrogen-bond acceptors (Lipinski definition) is 3. The summed E-state index contributed by atoms with van der Waals surface area (Å²) >= 11 is 0. The number of likely N-dealkylation sites (N-methyl/N-ethyl adjacent to an activating group) is 1. The number of nitrogens with zero attached hydrogens (tertiary/aromatic N) is 2. The molecular weight excluding hydrogens is 348 g/mol. The molecule has 0 aliphatic heterocycles. The zero-order valence-corrected chi connectivity index (χ0v) is 16.7. The lowest BCUT2D eigenvalue weighted by atomic mass is 9.91. The molecule has 1 aliphatic rings. The predicted molar refractivity (Wildman–Crippen MR) is 114 cm³/mol. The van der Waals surface area contributed by atoms with Gasteiger partial charge < -0.3 is 18.6 Å². The number of fused-ring (bicyclic) bond motifs is 4. The second kappa shape index (κ2) is 6.71. The molecular formula is C24H26N2O2. The van der Waals surface area contributed by atoms with Gasteiger partial charge in [0.25, 0.3) is 0 Å². The van der Waals surface area contributed by atoms with Crippen molar-refractivity contribution in [2.75, 3.05) is 20.7 Å². The van der Waals surface area contributed by atoms with E-state index in [1.165, 1.54) is 22.1 Å². The van der Waals surface area contributed by atoms with Gasteiger partial charge in [0.15, 0.2) is 0 Å². The Bertz CT molecular complexity index is 1150. The molecule has 0 amide bonds. The third-order valence-electron chi connectivity index (χ3n) is 5.99. The van der Waals surface area contributed by atoms with E-state index in [-0.39, 0.29) is 0 Å². The van der Waals surface area contributed by atoms with Crippen molar-refractivity contribution in [2.45, 2.75) is 32.2 Å². The summed E-state index contributed by atoms with van der Waals surface area (Å²) in [6.45, 7) is 2.69. The van der Waals surface area contributed by atoms with Crippen molar-refractivity contribution in [3.63, 3.8) is 0 Å². The lowest BCUT2D eigenvalue weighted by Gasteiger charge is -2.27. The smallest absolute Gasteiger partial charge is 0.134 e. The molecule has 0 bridgehead atoms. The summed E-state index contributed by atoms with van der Waals surface area (Å²) < 4.78 is 14.1. The van der Waals surface area contributed by atoms with E-state index < -0.39 is 0 Å². The summed E-state index contributed by atoms with van der Waals surface area (Å²) in [4.78, 5) is 2.33. The molecule has 0 N–H and O–H groups in total. The number of ether oxygens (including phenoxy) is 1. The Morgan fingerprint density at radius 3 is 2.86 bits per heavy atom. The number of hydrogen-bond donors (Lipinski definition) is 0. The molecule has 1 atom stereocenters. The first-order valence-electron chi connectivity index (χ1n) is 10.1. The minimum Gasteiger partial charge on any atom is -0.494 e. The molecule has 0 fully saturated rings. The fraction of sp³-hybridized carbons (Fsp3) is 0.333. The van der Waals surface area contributed by atoms with E-state index >= 15 is 0 Å². The summed E-state index contributed by atoms with van der Waals surface area (Å²) in [5.74, 6) is 2.08. The van der Waals surface area contributed by atoms with Crippen LogP contribution in [0.15, 0.2) is 53.1 Å². The summed E-state index contributed by atoms with van der Waals surface area (Å²) in [6, 6.07) is 15.6. The van der Waals surface area contributed by atoms with Gasteiger partial charge in [-0.15, -0.1) is 0 Å². The summed E-state index contributed by atoms with van der Waals surface area (Å²) in [5.41, 5.74) is 4.70. The molecule has 2 heterocycles. The van der Waals surface area contributed by atoms with Gasteiger partial charge in [0.05, 0.1) is 12.1 Å². The van der Waals surface area contributed by atoms with Crippen molar-refractivity contribution in [2.24, 2.45) is 0 Å². The Morgan fingerprint density at radius 2 is 2.04 bits per heavy atom. The SMILES string of the molecule is CCOc1ccc2ccn(-c3ccc4oc5c(c4c3)CC(N(C)C)CC5)c2c1. The normalized spacial score (nSPS) is 16.8. The molecule has 0 saturated carbocycles. The van der Waals surface area contributed by atoms with Crippen LogP contribution in [0, 0.1) is 0 Å². The number of furan rings is 1. The Balaban J connectivity index is 1.61. The van der Waals surface area contributed by atoms with E-state index in [1.54, 1.807) is 0 Å². The van der Waals surface area contributed by atoms with Crippen molar-refractivity contribution >= 4 is 21.9 Å².